The molecule has 0 aliphatic heterocycles. The number of aromatic nitrogens is 2. The molecule has 3 nitrogen and oxygen atoms in total. The summed E-state index contributed by atoms with van der Waals surface area (Å²) < 4.78 is 11.6. The number of hydrogen-bond acceptors (Lipinski definition) is 3. The summed E-state index contributed by atoms with van der Waals surface area (Å²) in [4.78, 5) is 7.22. The maximum absolute atomic E-state index is 11.6. The molecule has 0 saturated heterocycles. The smallest absolute Gasteiger partial charge is 0.159 e. The van der Waals surface area contributed by atoms with Crippen molar-refractivity contribution in [1.82, 2.24) is 9.97 Å². The van der Waals surface area contributed by atoms with E-state index >= 15 is 0 Å². The molecule has 0 bridgehead atoms. The zero-order valence-electron chi connectivity index (χ0n) is 6.37. The van der Waals surface area contributed by atoms with Crippen molar-refractivity contribution >= 4 is 0 Å². The van der Waals surface area contributed by atoms with Crippen molar-refractivity contribution in [2.45, 2.75) is 13.6 Å². The number of nitrogens with zero attached hydrogens (tertiary/aromatic N) is 2. The molecule has 0 aliphatic rings. The van der Waals surface area contributed by atoms with Crippen molar-refractivity contribution in [3.05, 3.63) is 24.3 Å². The lowest BCUT2D eigenvalue weighted by Crippen LogP contribution is -1.86. The number of halogens is 1. The third kappa shape index (κ3) is 5.42. The standard InChI is InChI=1S/C5H5FN2.C2H6O/c6-4-5-7-2-1-3-8-5;1-2-3/h1-3H,4H2;3H,2H2,1H3. The van der Waals surface area contributed by atoms with Crippen LogP contribution in [0.5, 0.6) is 0 Å². The molecule has 1 N–H and O–H groups in total. The van der Waals surface area contributed by atoms with E-state index in [2.05, 4.69) is 9.97 Å². The van der Waals surface area contributed by atoms with Gasteiger partial charge in [0.2, 0.25) is 0 Å². The Morgan fingerprint density at radius 2 is 1.91 bits per heavy atom. The van der Waals surface area contributed by atoms with Gasteiger partial charge in [0.1, 0.15) is 6.67 Å². The Hall–Kier alpha value is -1.03. The highest BCUT2D eigenvalue weighted by molar-refractivity contribution is 4.85. The quantitative estimate of drug-likeness (QED) is 0.661. The van der Waals surface area contributed by atoms with Crippen LogP contribution in [0.2, 0.25) is 0 Å². The fourth-order valence-corrected chi connectivity index (χ4v) is 0.399. The molecule has 0 spiro atoms. The van der Waals surface area contributed by atoms with Crippen molar-refractivity contribution in [2.75, 3.05) is 6.61 Å². The van der Waals surface area contributed by atoms with Gasteiger partial charge in [0.05, 0.1) is 0 Å². The summed E-state index contributed by atoms with van der Waals surface area (Å²) in [5, 5.41) is 7.57. The SMILES string of the molecule is CCO.FCc1ncccn1. The van der Waals surface area contributed by atoms with Gasteiger partial charge in [-0.25, -0.2) is 14.4 Å². The molecule has 0 radical (unpaired) electrons. The predicted molar refractivity (Wildman–Crippen MR) is 39.6 cm³/mol. The molecule has 4 heteroatoms. The van der Waals surface area contributed by atoms with E-state index in [0.29, 0.717) is 0 Å². The molecule has 62 valence electrons. The minimum atomic E-state index is -0.582. The van der Waals surface area contributed by atoms with E-state index in [4.69, 9.17) is 5.11 Å². The summed E-state index contributed by atoms with van der Waals surface area (Å²) in [7, 11) is 0. The first kappa shape index (κ1) is 9.97. The zero-order chi connectivity index (χ0) is 8.53. The second kappa shape index (κ2) is 7.08. The van der Waals surface area contributed by atoms with Crippen LogP contribution in [0.3, 0.4) is 0 Å². The third-order valence-electron chi connectivity index (χ3n) is 0.739. The van der Waals surface area contributed by atoms with E-state index in [-0.39, 0.29) is 12.4 Å². The van der Waals surface area contributed by atoms with Crippen molar-refractivity contribution < 1.29 is 9.50 Å². The minimum absolute atomic E-state index is 0.243. The lowest BCUT2D eigenvalue weighted by molar-refractivity contribution is 0.318. The molecule has 0 fully saturated rings. The Morgan fingerprint density at radius 1 is 1.45 bits per heavy atom. The Morgan fingerprint density at radius 3 is 2.18 bits per heavy atom. The highest BCUT2D eigenvalue weighted by Gasteiger charge is 1.86. The van der Waals surface area contributed by atoms with Crippen LogP contribution < -0.4 is 0 Å². The molecule has 1 aromatic rings. The zero-order valence-corrected chi connectivity index (χ0v) is 6.37. The molecule has 0 saturated carbocycles. The normalized spacial score (nSPS) is 8.27. The van der Waals surface area contributed by atoms with E-state index in [1.807, 2.05) is 0 Å². The van der Waals surface area contributed by atoms with Crippen molar-refractivity contribution in [2.24, 2.45) is 0 Å². The first-order valence-electron chi connectivity index (χ1n) is 3.27. The molecule has 0 aliphatic carbocycles. The molecule has 11 heavy (non-hydrogen) atoms. The second-order valence-electron chi connectivity index (χ2n) is 1.61. The average molecular weight is 158 g/mol. The average Bonchev–Trinajstić information content (AvgIpc) is 2.08. The van der Waals surface area contributed by atoms with Gasteiger partial charge in [-0.15, -0.1) is 0 Å². The van der Waals surface area contributed by atoms with Crippen LogP contribution in [0, 0.1) is 0 Å². The number of rotatable bonds is 1. The van der Waals surface area contributed by atoms with Crippen molar-refractivity contribution in [3.63, 3.8) is 0 Å². The molecular formula is C7H11FN2O. The first-order valence-corrected chi connectivity index (χ1v) is 3.27. The maximum Gasteiger partial charge on any atom is 0.159 e. The van der Waals surface area contributed by atoms with Crippen LogP contribution in [0.15, 0.2) is 18.5 Å². The van der Waals surface area contributed by atoms with Gasteiger partial charge in [0.15, 0.2) is 5.82 Å². The predicted octanol–water partition coefficient (Wildman–Crippen LogP) is 0.945. The number of hydrogen-bond donors (Lipinski definition) is 1. The summed E-state index contributed by atoms with van der Waals surface area (Å²) in [6, 6.07) is 1.65. The lowest BCUT2D eigenvalue weighted by Gasteiger charge is -1.85. The lowest BCUT2D eigenvalue weighted by atomic mass is 10.6. The third-order valence-corrected chi connectivity index (χ3v) is 0.739. The summed E-state index contributed by atoms with van der Waals surface area (Å²) in [5.74, 6) is 0.243. The highest BCUT2D eigenvalue weighted by atomic mass is 19.1. The maximum atomic E-state index is 11.6. The van der Waals surface area contributed by atoms with E-state index in [0.717, 1.165) is 0 Å². The Bertz CT molecular complexity index is 169. The molecule has 0 unspecified atom stereocenters. The first-order chi connectivity index (χ1) is 5.35. The van der Waals surface area contributed by atoms with Gasteiger partial charge in [-0.1, -0.05) is 0 Å². The fraction of sp³-hybridized carbons (Fsp3) is 0.429. The van der Waals surface area contributed by atoms with E-state index in [9.17, 15) is 4.39 Å². The van der Waals surface area contributed by atoms with Crippen molar-refractivity contribution in [3.8, 4) is 0 Å². The van der Waals surface area contributed by atoms with Crippen LogP contribution in [-0.4, -0.2) is 21.7 Å². The molecular weight excluding hydrogens is 147 g/mol. The molecule has 0 aromatic carbocycles. The Kier molecular flexibility index (Phi) is 6.42. The van der Waals surface area contributed by atoms with Crippen LogP contribution in [0.25, 0.3) is 0 Å². The Labute approximate surface area is 64.9 Å². The Balaban J connectivity index is 0.000000292. The van der Waals surface area contributed by atoms with E-state index in [1.54, 1.807) is 13.0 Å². The van der Waals surface area contributed by atoms with Gasteiger partial charge in [-0.05, 0) is 13.0 Å². The fourth-order valence-electron chi connectivity index (χ4n) is 0.399. The highest BCUT2D eigenvalue weighted by Crippen LogP contribution is 1.87. The summed E-state index contributed by atoms with van der Waals surface area (Å²) >= 11 is 0. The topological polar surface area (TPSA) is 46.0 Å². The minimum Gasteiger partial charge on any atom is -0.397 e. The van der Waals surface area contributed by atoms with Crippen molar-refractivity contribution in [1.29, 1.82) is 0 Å². The van der Waals surface area contributed by atoms with Crippen LogP contribution in [0.1, 0.15) is 12.7 Å². The molecule has 1 heterocycles. The van der Waals surface area contributed by atoms with Gasteiger partial charge in [0.25, 0.3) is 0 Å². The van der Waals surface area contributed by atoms with Gasteiger partial charge >= 0.3 is 0 Å². The monoisotopic (exact) mass is 158 g/mol. The van der Waals surface area contributed by atoms with Gasteiger partial charge in [-0.2, -0.15) is 0 Å². The molecule has 0 amide bonds. The second-order valence-corrected chi connectivity index (χ2v) is 1.61. The summed E-state index contributed by atoms with van der Waals surface area (Å²) in [5.41, 5.74) is 0. The molecule has 1 rings (SSSR count). The largest absolute Gasteiger partial charge is 0.397 e. The number of aliphatic hydroxyl groups is 1. The van der Waals surface area contributed by atoms with Gasteiger partial charge < -0.3 is 5.11 Å². The van der Waals surface area contributed by atoms with E-state index < -0.39 is 6.67 Å². The summed E-state index contributed by atoms with van der Waals surface area (Å²) in [6.07, 6.45) is 3.03. The molecule has 0 atom stereocenters. The van der Waals surface area contributed by atoms with Gasteiger partial charge in [-0.3, -0.25) is 0 Å². The van der Waals surface area contributed by atoms with Crippen LogP contribution in [0.4, 0.5) is 4.39 Å². The van der Waals surface area contributed by atoms with Crippen LogP contribution >= 0.6 is 0 Å². The number of alkyl halides is 1. The van der Waals surface area contributed by atoms with Gasteiger partial charge in [0, 0.05) is 19.0 Å². The van der Waals surface area contributed by atoms with E-state index in [1.165, 1.54) is 12.4 Å². The van der Waals surface area contributed by atoms with Crippen LogP contribution in [-0.2, 0) is 6.67 Å². The number of aliphatic hydroxyl groups excluding tert-OH is 1. The summed E-state index contributed by atoms with van der Waals surface area (Å²) in [6.45, 7) is 1.35. The molecule has 1 aromatic heterocycles.